The van der Waals surface area contributed by atoms with Gasteiger partial charge in [0, 0.05) is 12.1 Å². The Hall–Kier alpha value is 0.250. The first-order chi connectivity index (χ1) is 5.63. The van der Waals surface area contributed by atoms with Crippen molar-refractivity contribution in [3.05, 3.63) is 0 Å². The minimum Gasteiger partial charge on any atom is -0.215 e. The zero-order chi connectivity index (χ0) is 9.56. The lowest BCUT2D eigenvalue weighted by molar-refractivity contribution is 0.263. The number of hydrogen-bond donors (Lipinski definition) is 0. The Kier molecular flexibility index (Phi) is 6.87. The first kappa shape index (κ1) is 12.2. The van der Waals surface area contributed by atoms with E-state index >= 15 is 0 Å². The molecule has 0 N–H and O–H groups in total. The molecule has 0 rings (SSSR count). The Morgan fingerprint density at radius 1 is 1.00 bits per heavy atom. The third-order valence-corrected chi connectivity index (χ3v) is 2.92. The summed E-state index contributed by atoms with van der Waals surface area (Å²) in [6.07, 6.45) is 4.81. The standard InChI is InChI=1S/C10H22ClN/c1-5-7-9(3)12(11)10(4)8-6-2/h9-10H,5-8H2,1-4H3. The highest BCUT2D eigenvalue weighted by Crippen LogP contribution is 2.16. The van der Waals surface area contributed by atoms with E-state index in [1.807, 2.05) is 4.42 Å². The van der Waals surface area contributed by atoms with E-state index in [4.69, 9.17) is 11.8 Å². The number of hydrogen-bond acceptors (Lipinski definition) is 1. The van der Waals surface area contributed by atoms with Gasteiger partial charge < -0.3 is 0 Å². The summed E-state index contributed by atoms with van der Waals surface area (Å²) in [5, 5.41) is 0. The van der Waals surface area contributed by atoms with E-state index in [2.05, 4.69) is 27.7 Å². The molecule has 0 radical (unpaired) electrons. The van der Waals surface area contributed by atoms with Crippen LogP contribution in [0.4, 0.5) is 0 Å². The topological polar surface area (TPSA) is 3.24 Å². The molecule has 12 heavy (non-hydrogen) atoms. The van der Waals surface area contributed by atoms with Crippen molar-refractivity contribution in [1.29, 1.82) is 0 Å². The van der Waals surface area contributed by atoms with Crippen LogP contribution in [0.1, 0.15) is 53.4 Å². The average Bonchev–Trinajstić information content (AvgIpc) is 2.04. The summed E-state index contributed by atoms with van der Waals surface area (Å²) in [6.45, 7) is 8.79. The van der Waals surface area contributed by atoms with Crippen LogP contribution in [-0.4, -0.2) is 16.5 Å². The van der Waals surface area contributed by atoms with Gasteiger partial charge in [-0.15, -0.1) is 0 Å². The highest BCUT2D eigenvalue weighted by Gasteiger charge is 2.15. The van der Waals surface area contributed by atoms with Gasteiger partial charge in [0.25, 0.3) is 0 Å². The minimum absolute atomic E-state index is 0.512. The van der Waals surface area contributed by atoms with E-state index < -0.39 is 0 Å². The van der Waals surface area contributed by atoms with Crippen LogP contribution in [0.5, 0.6) is 0 Å². The van der Waals surface area contributed by atoms with E-state index in [0.29, 0.717) is 12.1 Å². The summed E-state index contributed by atoms with van der Waals surface area (Å²) in [7, 11) is 0. The molecule has 1 nitrogen and oxygen atoms in total. The molecule has 0 aliphatic carbocycles. The Morgan fingerprint density at radius 3 is 1.58 bits per heavy atom. The molecule has 0 amide bonds. The van der Waals surface area contributed by atoms with E-state index in [0.717, 1.165) is 0 Å². The SMILES string of the molecule is CCCC(C)N(Cl)C(C)CCC. The molecule has 0 bridgehead atoms. The number of nitrogens with zero attached hydrogens (tertiary/aromatic N) is 1. The summed E-state index contributed by atoms with van der Waals surface area (Å²) >= 11 is 6.17. The van der Waals surface area contributed by atoms with Crippen LogP contribution in [0.25, 0.3) is 0 Å². The molecule has 0 aliphatic heterocycles. The van der Waals surface area contributed by atoms with Crippen molar-refractivity contribution < 1.29 is 0 Å². The molecule has 0 aromatic heterocycles. The van der Waals surface area contributed by atoms with Crippen molar-refractivity contribution >= 4 is 11.8 Å². The molecule has 0 saturated heterocycles. The Morgan fingerprint density at radius 2 is 1.33 bits per heavy atom. The van der Waals surface area contributed by atoms with Gasteiger partial charge in [0.15, 0.2) is 0 Å². The third-order valence-electron chi connectivity index (χ3n) is 2.26. The molecule has 2 unspecified atom stereocenters. The molecule has 2 atom stereocenters. The van der Waals surface area contributed by atoms with Gasteiger partial charge in [-0.05, 0) is 38.5 Å². The first-order valence-electron chi connectivity index (χ1n) is 5.07. The van der Waals surface area contributed by atoms with Gasteiger partial charge in [-0.25, -0.2) is 4.42 Å². The molecular formula is C10H22ClN. The van der Waals surface area contributed by atoms with Crippen molar-refractivity contribution in [2.45, 2.75) is 65.5 Å². The normalized spacial score (nSPS) is 16.5. The van der Waals surface area contributed by atoms with Crippen molar-refractivity contribution in [3.8, 4) is 0 Å². The minimum atomic E-state index is 0.512. The highest BCUT2D eigenvalue weighted by molar-refractivity contribution is 6.13. The zero-order valence-corrected chi connectivity index (χ0v) is 9.56. The fraction of sp³-hybridized carbons (Fsp3) is 1.00. The van der Waals surface area contributed by atoms with Crippen LogP contribution in [-0.2, 0) is 0 Å². The Balaban J connectivity index is 3.73. The smallest absolute Gasteiger partial charge is 0.0226 e. The van der Waals surface area contributed by atoms with Crippen LogP contribution in [0, 0.1) is 0 Å². The van der Waals surface area contributed by atoms with Gasteiger partial charge in [-0.2, -0.15) is 0 Å². The van der Waals surface area contributed by atoms with E-state index in [-0.39, 0.29) is 0 Å². The molecule has 0 heterocycles. The molecule has 74 valence electrons. The number of rotatable bonds is 6. The molecular weight excluding hydrogens is 170 g/mol. The van der Waals surface area contributed by atoms with Crippen LogP contribution >= 0.6 is 11.8 Å². The second-order valence-electron chi connectivity index (χ2n) is 3.62. The van der Waals surface area contributed by atoms with Gasteiger partial charge >= 0.3 is 0 Å². The van der Waals surface area contributed by atoms with Gasteiger partial charge in [0.2, 0.25) is 0 Å². The predicted octanol–water partition coefficient (Wildman–Crippen LogP) is 3.82. The van der Waals surface area contributed by atoms with E-state index in [1.54, 1.807) is 0 Å². The lowest BCUT2D eigenvalue weighted by atomic mass is 10.1. The maximum absolute atomic E-state index is 6.17. The van der Waals surface area contributed by atoms with Crippen molar-refractivity contribution in [2.75, 3.05) is 0 Å². The van der Waals surface area contributed by atoms with Crippen LogP contribution in [0.2, 0.25) is 0 Å². The quantitative estimate of drug-likeness (QED) is 0.577. The monoisotopic (exact) mass is 191 g/mol. The van der Waals surface area contributed by atoms with Gasteiger partial charge in [-0.1, -0.05) is 26.7 Å². The van der Waals surface area contributed by atoms with Crippen molar-refractivity contribution in [3.63, 3.8) is 0 Å². The van der Waals surface area contributed by atoms with Crippen LogP contribution < -0.4 is 0 Å². The maximum Gasteiger partial charge on any atom is 0.0226 e. The zero-order valence-electron chi connectivity index (χ0n) is 8.81. The summed E-state index contributed by atoms with van der Waals surface area (Å²) in [4.78, 5) is 0. The highest BCUT2D eigenvalue weighted by atomic mass is 35.5. The molecule has 0 aromatic carbocycles. The average molecular weight is 192 g/mol. The lowest BCUT2D eigenvalue weighted by Gasteiger charge is -2.27. The maximum atomic E-state index is 6.17. The molecule has 0 aromatic rings. The lowest BCUT2D eigenvalue weighted by Crippen LogP contribution is -2.32. The van der Waals surface area contributed by atoms with Crippen LogP contribution in [0.3, 0.4) is 0 Å². The second-order valence-corrected chi connectivity index (χ2v) is 4.01. The second kappa shape index (κ2) is 6.73. The first-order valence-corrected chi connectivity index (χ1v) is 5.41. The fourth-order valence-electron chi connectivity index (χ4n) is 1.52. The van der Waals surface area contributed by atoms with Gasteiger partial charge in [0.05, 0.1) is 0 Å². The molecule has 0 saturated carbocycles. The fourth-order valence-corrected chi connectivity index (χ4v) is 1.71. The Labute approximate surface area is 82.2 Å². The molecule has 0 spiro atoms. The molecule has 0 fully saturated rings. The third kappa shape index (κ3) is 4.32. The largest absolute Gasteiger partial charge is 0.215 e. The summed E-state index contributed by atoms with van der Waals surface area (Å²) in [6, 6.07) is 1.02. The van der Waals surface area contributed by atoms with Crippen molar-refractivity contribution in [1.82, 2.24) is 4.42 Å². The van der Waals surface area contributed by atoms with Gasteiger partial charge in [-0.3, -0.25) is 0 Å². The summed E-state index contributed by atoms with van der Waals surface area (Å²) < 4.78 is 1.98. The predicted molar refractivity (Wildman–Crippen MR) is 56.4 cm³/mol. The number of halogens is 1. The molecule has 2 heteroatoms. The van der Waals surface area contributed by atoms with E-state index in [1.165, 1.54) is 25.7 Å². The molecule has 0 aliphatic rings. The summed E-state index contributed by atoms with van der Waals surface area (Å²) in [5.41, 5.74) is 0. The van der Waals surface area contributed by atoms with E-state index in [9.17, 15) is 0 Å². The van der Waals surface area contributed by atoms with Crippen LogP contribution in [0.15, 0.2) is 0 Å². The van der Waals surface area contributed by atoms with Crippen molar-refractivity contribution in [2.24, 2.45) is 0 Å². The summed E-state index contributed by atoms with van der Waals surface area (Å²) in [5.74, 6) is 0. The Bertz CT molecular complexity index is 94.0. The van der Waals surface area contributed by atoms with Gasteiger partial charge in [0.1, 0.15) is 0 Å².